The molecule has 0 spiro atoms. The Balaban J connectivity index is 2.03. The van der Waals surface area contributed by atoms with Gasteiger partial charge in [-0.1, -0.05) is 29.8 Å². The fourth-order valence-corrected chi connectivity index (χ4v) is 2.10. The van der Waals surface area contributed by atoms with Gasteiger partial charge in [-0.3, -0.25) is 4.79 Å². The van der Waals surface area contributed by atoms with Crippen molar-refractivity contribution in [2.45, 2.75) is 13.8 Å². The third kappa shape index (κ3) is 4.25. The molecule has 0 atom stereocenters. The number of nitrogens with one attached hydrogen (secondary N) is 1. The van der Waals surface area contributed by atoms with E-state index in [0.29, 0.717) is 5.02 Å². The van der Waals surface area contributed by atoms with Crippen molar-refractivity contribution in [3.8, 4) is 0 Å². The SMILES string of the molecule is Cc1cc(C)cc(NC(=O)/C=C/c2ccc(Cl)cc2)c1. The lowest BCUT2D eigenvalue weighted by atomic mass is 10.1. The molecule has 0 fully saturated rings. The second-order valence-electron chi connectivity index (χ2n) is 4.75. The summed E-state index contributed by atoms with van der Waals surface area (Å²) in [6.45, 7) is 4.01. The van der Waals surface area contributed by atoms with E-state index in [9.17, 15) is 4.79 Å². The van der Waals surface area contributed by atoms with E-state index >= 15 is 0 Å². The highest BCUT2D eigenvalue weighted by molar-refractivity contribution is 6.30. The molecule has 0 aromatic heterocycles. The van der Waals surface area contributed by atoms with E-state index in [4.69, 9.17) is 11.6 Å². The molecule has 0 unspecified atom stereocenters. The summed E-state index contributed by atoms with van der Waals surface area (Å²) in [4.78, 5) is 11.9. The van der Waals surface area contributed by atoms with Crippen molar-refractivity contribution in [3.05, 3.63) is 70.3 Å². The van der Waals surface area contributed by atoms with Gasteiger partial charge in [-0.2, -0.15) is 0 Å². The molecule has 0 saturated carbocycles. The number of rotatable bonds is 3. The third-order valence-electron chi connectivity index (χ3n) is 2.79. The van der Waals surface area contributed by atoms with Gasteiger partial charge in [0, 0.05) is 16.8 Å². The predicted octanol–water partition coefficient (Wildman–Crippen LogP) is 4.61. The van der Waals surface area contributed by atoms with Crippen LogP contribution in [0, 0.1) is 13.8 Å². The van der Waals surface area contributed by atoms with Crippen LogP contribution in [0.25, 0.3) is 6.08 Å². The first-order valence-corrected chi connectivity index (χ1v) is 6.74. The summed E-state index contributed by atoms with van der Waals surface area (Å²) in [5.41, 5.74) is 4.00. The van der Waals surface area contributed by atoms with Crippen LogP contribution in [0.1, 0.15) is 16.7 Å². The summed E-state index contributed by atoms with van der Waals surface area (Å²) in [7, 11) is 0. The second-order valence-corrected chi connectivity index (χ2v) is 5.19. The molecule has 2 rings (SSSR count). The number of benzene rings is 2. The molecule has 2 aromatic rings. The normalized spacial score (nSPS) is 10.8. The second kappa shape index (κ2) is 6.40. The monoisotopic (exact) mass is 285 g/mol. The van der Waals surface area contributed by atoms with E-state index in [1.807, 2.05) is 38.1 Å². The van der Waals surface area contributed by atoms with Gasteiger partial charge in [-0.15, -0.1) is 0 Å². The highest BCUT2D eigenvalue weighted by atomic mass is 35.5. The number of aryl methyl sites for hydroxylation is 2. The minimum absolute atomic E-state index is 0.148. The van der Waals surface area contributed by atoms with Crippen LogP contribution in [0.3, 0.4) is 0 Å². The van der Waals surface area contributed by atoms with Gasteiger partial charge >= 0.3 is 0 Å². The quantitative estimate of drug-likeness (QED) is 0.820. The summed E-state index contributed by atoms with van der Waals surface area (Å²) < 4.78 is 0. The molecule has 0 radical (unpaired) electrons. The predicted molar refractivity (Wildman–Crippen MR) is 85.0 cm³/mol. The van der Waals surface area contributed by atoms with Gasteiger partial charge in [0.1, 0.15) is 0 Å². The van der Waals surface area contributed by atoms with Crippen LogP contribution in [0.5, 0.6) is 0 Å². The number of hydrogen-bond acceptors (Lipinski definition) is 1. The van der Waals surface area contributed by atoms with Gasteiger partial charge in [-0.05, 0) is 60.9 Å². The smallest absolute Gasteiger partial charge is 0.248 e. The zero-order valence-electron chi connectivity index (χ0n) is 11.5. The van der Waals surface area contributed by atoms with E-state index in [0.717, 1.165) is 22.4 Å². The third-order valence-corrected chi connectivity index (χ3v) is 3.04. The average molecular weight is 286 g/mol. The van der Waals surface area contributed by atoms with E-state index in [1.165, 1.54) is 6.08 Å². The van der Waals surface area contributed by atoms with E-state index in [2.05, 4.69) is 11.4 Å². The number of hydrogen-bond donors (Lipinski definition) is 1. The number of halogens is 1. The first-order valence-electron chi connectivity index (χ1n) is 6.36. The van der Waals surface area contributed by atoms with Crippen LogP contribution >= 0.6 is 11.6 Å². The molecule has 20 heavy (non-hydrogen) atoms. The van der Waals surface area contributed by atoms with Crippen LogP contribution in [-0.4, -0.2) is 5.91 Å². The van der Waals surface area contributed by atoms with Crippen molar-refractivity contribution in [2.75, 3.05) is 5.32 Å². The molecule has 0 bridgehead atoms. The largest absolute Gasteiger partial charge is 0.322 e. The molecule has 0 aliphatic heterocycles. The van der Waals surface area contributed by atoms with Crippen molar-refractivity contribution in [1.29, 1.82) is 0 Å². The van der Waals surface area contributed by atoms with Gasteiger partial charge in [0.2, 0.25) is 5.91 Å². The Hall–Kier alpha value is -2.06. The Labute approximate surface area is 124 Å². The Kier molecular flexibility index (Phi) is 4.59. The van der Waals surface area contributed by atoms with E-state index < -0.39 is 0 Å². The Morgan fingerprint density at radius 3 is 2.25 bits per heavy atom. The Morgan fingerprint density at radius 2 is 1.65 bits per heavy atom. The lowest BCUT2D eigenvalue weighted by molar-refractivity contribution is -0.111. The Bertz CT molecular complexity index is 624. The molecule has 0 aliphatic rings. The van der Waals surface area contributed by atoms with Gasteiger partial charge in [0.25, 0.3) is 0 Å². The highest BCUT2D eigenvalue weighted by Gasteiger charge is 1.99. The summed E-state index contributed by atoms with van der Waals surface area (Å²) in [5.74, 6) is -0.148. The van der Waals surface area contributed by atoms with E-state index in [1.54, 1.807) is 18.2 Å². The number of anilines is 1. The fraction of sp³-hybridized carbons (Fsp3) is 0.118. The molecular weight excluding hydrogens is 270 g/mol. The molecule has 1 amide bonds. The maximum atomic E-state index is 11.9. The van der Waals surface area contributed by atoms with E-state index in [-0.39, 0.29) is 5.91 Å². The summed E-state index contributed by atoms with van der Waals surface area (Å²) in [5, 5.41) is 3.54. The van der Waals surface area contributed by atoms with Crippen LogP contribution in [0.2, 0.25) is 5.02 Å². The van der Waals surface area contributed by atoms with Gasteiger partial charge in [0.05, 0.1) is 0 Å². The lowest BCUT2D eigenvalue weighted by Gasteiger charge is -2.05. The summed E-state index contributed by atoms with van der Waals surface area (Å²) in [6, 6.07) is 13.3. The molecule has 2 aromatic carbocycles. The molecule has 0 aliphatic carbocycles. The highest BCUT2D eigenvalue weighted by Crippen LogP contribution is 2.14. The molecular formula is C17H16ClNO. The maximum Gasteiger partial charge on any atom is 0.248 e. The lowest BCUT2D eigenvalue weighted by Crippen LogP contribution is -2.08. The van der Waals surface area contributed by atoms with Crippen LogP contribution < -0.4 is 5.32 Å². The van der Waals surface area contributed by atoms with Crippen molar-refractivity contribution < 1.29 is 4.79 Å². The van der Waals surface area contributed by atoms with Gasteiger partial charge in [-0.25, -0.2) is 0 Å². The molecule has 1 N–H and O–H groups in total. The number of amides is 1. The van der Waals surface area contributed by atoms with Gasteiger partial charge < -0.3 is 5.32 Å². The number of carbonyl (C=O) groups is 1. The molecule has 0 saturated heterocycles. The van der Waals surface area contributed by atoms with Crippen molar-refractivity contribution in [2.24, 2.45) is 0 Å². The van der Waals surface area contributed by atoms with Crippen LogP contribution in [0.4, 0.5) is 5.69 Å². The zero-order chi connectivity index (χ0) is 14.5. The molecule has 2 nitrogen and oxygen atoms in total. The summed E-state index contributed by atoms with van der Waals surface area (Å²) >= 11 is 5.81. The fourth-order valence-electron chi connectivity index (χ4n) is 1.98. The van der Waals surface area contributed by atoms with Crippen molar-refractivity contribution >= 4 is 29.3 Å². The zero-order valence-corrected chi connectivity index (χ0v) is 12.2. The topological polar surface area (TPSA) is 29.1 Å². The minimum atomic E-state index is -0.148. The van der Waals surface area contributed by atoms with Crippen LogP contribution in [0.15, 0.2) is 48.5 Å². The summed E-state index contributed by atoms with van der Waals surface area (Å²) in [6.07, 6.45) is 3.27. The average Bonchev–Trinajstić information content (AvgIpc) is 2.37. The van der Waals surface area contributed by atoms with Crippen molar-refractivity contribution in [3.63, 3.8) is 0 Å². The number of carbonyl (C=O) groups excluding carboxylic acids is 1. The molecule has 102 valence electrons. The first-order chi connectivity index (χ1) is 9.52. The van der Waals surface area contributed by atoms with Crippen LogP contribution in [-0.2, 0) is 4.79 Å². The van der Waals surface area contributed by atoms with Gasteiger partial charge in [0.15, 0.2) is 0 Å². The standard InChI is InChI=1S/C17H16ClNO/c1-12-9-13(2)11-16(10-12)19-17(20)8-5-14-3-6-15(18)7-4-14/h3-11H,1-2H3,(H,19,20)/b8-5+. The molecule has 0 heterocycles. The molecule has 3 heteroatoms. The first kappa shape index (κ1) is 14.4. The maximum absolute atomic E-state index is 11.9. The Morgan fingerprint density at radius 1 is 1.05 bits per heavy atom. The minimum Gasteiger partial charge on any atom is -0.322 e. The van der Waals surface area contributed by atoms with Crippen molar-refractivity contribution in [1.82, 2.24) is 0 Å².